The molecule has 0 spiro atoms. The summed E-state index contributed by atoms with van der Waals surface area (Å²) in [5.41, 5.74) is 1.89. The summed E-state index contributed by atoms with van der Waals surface area (Å²) in [7, 11) is 1.65. The number of carbonyl (C=O) groups excluding carboxylic acids is 1. The lowest BCUT2D eigenvalue weighted by Gasteiger charge is -2.19. The Morgan fingerprint density at radius 1 is 1.25 bits per heavy atom. The van der Waals surface area contributed by atoms with Crippen molar-refractivity contribution in [3.8, 4) is 5.75 Å². The first-order valence-electron chi connectivity index (χ1n) is 8.08. The molecule has 0 aliphatic rings. The molecule has 24 heavy (non-hydrogen) atoms. The molecule has 0 heterocycles. The Hall–Kier alpha value is -2.04. The van der Waals surface area contributed by atoms with Crippen LogP contribution in [-0.4, -0.2) is 19.1 Å². The smallest absolute Gasteiger partial charge is 0.282 e. The number of rotatable bonds is 7. The second kappa shape index (κ2) is 8.71. The van der Waals surface area contributed by atoms with Gasteiger partial charge in [-0.15, -0.1) is 0 Å². The summed E-state index contributed by atoms with van der Waals surface area (Å²) in [6.07, 6.45) is 0.932. The van der Waals surface area contributed by atoms with Gasteiger partial charge in [0.15, 0.2) is 6.04 Å². The summed E-state index contributed by atoms with van der Waals surface area (Å²) in [5, 5.41) is 5.60. The molecule has 2 rings (SSSR count). The van der Waals surface area contributed by atoms with Crippen molar-refractivity contribution in [3.63, 3.8) is 0 Å². The maximum absolute atomic E-state index is 12.4. The normalized spacial score (nSPS) is 13.2. The molecule has 0 bridgehead atoms. The van der Waals surface area contributed by atoms with Crippen molar-refractivity contribution in [1.82, 2.24) is 0 Å². The third-order valence-electron chi connectivity index (χ3n) is 4.01. The van der Waals surface area contributed by atoms with Gasteiger partial charge in [0, 0.05) is 22.7 Å². The summed E-state index contributed by atoms with van der Waals surface area (Å²) in [4.78, 5) is 12.4. The fourth-order valence-electron chi connectivity index (χ4n) is 2.59. The predicted molar refractivity (Wildman–Crippen MR) is 97.5 cm³/mol. The molecule has 5 heteroatoms. The molecule has 0 fully saturated rings. The molecule has 1 amide bonds. The van der Waals surface area contributed by atoms with Crippen molar-refractivity contribution >= 4 is 23.2 Å². The van der Waals surface area contributed by atoms with E-state index in [4.69, 9.17) is 16.3 Å². The van der Waals surface area contributed by atoms with Gasteiger partial charge in [-0.25, -0.2) is 0 Å². The molecule has 0 aliphatic carbocycles. The molecule has 0 saturated heterocycles. The molecule has 0 aromatic heterocycles. The molecule has 2 atom stereocenters. The summed E-state index contributed by atoms with van der Waals surface area (Å²) in [6, 6.07) is 15.2. The number of methoxy groups -OCH3 is 1. The minimum Gasteiger partial charge on any atom is -0.497 e. The van der Waals surface area contributed by atoms with Gasteiger partial charge in [0.2, 0.25) is 0 Å². The Labute approximate surface area is 148 Å². The number of ether oxygens (including phenoxy) is 1. The van der Waals surface area contributed by atoms with Gasteiger partial charge in [-0.1, -0.05) is 24.6 Å². The van der Waals surface area contributed by atoms with Crippen LogP contribution in [0.3, 0.4) is 0 Å². The third-order valence-corrected chi connectivity index (χ3v) is 4.25. The van der Waals surface area contributed by atoms with E-state index < -0.39 is 0 Å². The molecule has 4 nitrogen and oxygen atoms in total. The number of anilines is 1. The molecule has 2 aromatic carbocycles. The molecular weight excluding hydrogens is 324 g/mol. The molecule has 3 N–H and O–H groups in total. The lowest BCUT2D eigenvalue weighted by molar-refractivity contribution is -0.713. The molecule has 0 saturated carbocycles. The van der Waals surface area contributed by atoms with Crippen LogP contribution < -0.4 is 15.4 Å². The average molecular weight is 348 g/mol. The van der Waals surface area contributed by atoms with Crippen LogP contribution in [0.25, 0.3) is 0 Å². The fraction of sp³-hybridized carbons (Fsp3) is 0.316. The van der Waals surface area contributed by atoms with Gasteiger partial charge in [0.1, 0.15) is 11.8 Å². The van der Waals surface area contributed by atoms with E-state index in [0.717, 1.165) is 12.2 Å². The highest BCUT2D eigenvalue weighted by atomic mass is 35.5. The zero-order chi connectivity index (χ0) is 17.5. The number of benzene rings is 2. The van der Waals surface area contributed by atoms with E-state index in [1.54, 1.807) is 19.2 Å². The van der Waals surface area contributed by atoms with Crippen molar-refractivity contribution in [2.75, 3.05) is 12.4 Å². The van der Waals surface area contributed by atoms with E-state index in [1.807, 2.05) is 43.3 Å². The Bertz CT molecular complexity index is 673. The number of carbonyl (C=O) groups is 1. The van der Waals surface area contributed by atoms with E-state index in [0.29, 0.717) is 10.7 Å². The monoisotopic (exact) mass is 347 g/mol. The molecule has 0 unspecified atom stereocenters. The number of nitrogens with one attached hydrogen (secondary N) is 1. The summed E-state index contributed by atoms with van der Waals surface area (Å²) in [6.45, 7) is 4.03. The highest BCUT2D eigenvalue weighted by molar-refractivity contribution is 6.30. The van der Waals surface area contributed by atoms with E-state index in [2.05, 4.69) is 17.6 Å². The fourth-order valence-corrected chi connectivity index (χ4v) is 2.78. The van der Waals surface area contributed by atoms with Gasteiger partial charge in [0.05, 0.1) is 7.11 Å². The lowest BCUT2D eigenvalue weighted by atomic mass is 10.0. The third kappa shape index (κ3) is 4.98. The van der Waals surface area contributed by atoms with Crippen LogP contribution in [0.15, 0.2) is 48.5 Å². The van der Waals surface area contributed by atoms with Gasteiger partial charge in [-0.05, 0) is 49.4 Å². The SMILES string of the molecule is CC[C@H]([NH2+][C@@H](C)C(=O)Nc1cccc(Cl)c1)c1ccc(OC)cc1. The second-order valence-electron chi connectivity index (χ2n) is 5.77. The Balaban J connectivity index is 1.99. The Morgan fingerprint density at radius 2 is 1.96 bits per heavy atom. The zero-order valence-corrected chi connectivity index (χ0v) is 15.0. The summed E-state index contributed by atoms with van der Waals surface area (Å²) >= 11 is 5.95. The average Bonchev–Trinajstić information content (AvgIpc) is 2.59. The van der Waals surface area contributed by atoms with Gasteiger partial charge in [0.25, 0.3) is 5.91 Å². The van der Waals surface area contributed by atoms with Crippen LogP contribution in [-0.2, 0) is 4.79 Å². The van der Waals surface area contributed by atoms with Crippen LogP contribution >= 0.6 is 11.6 Å². The van der Waals surface area contributed by atoms with Crippen molar-refractivity contribution < 1.29 is 14.8 Å². The minimum absolute atomic E-state index is 0.0378. The van der Waals surface area contributed by atoms with Crippen molar-refractivity contribution in [2.45, 2.75) is 32.4 Å². The van der Waals surface area contributed by atoms with Crippen LogP contribution in [0.2, 0.25) is 5.02 Å². The highest BCUT2D eigenvalue weighted by Gasteiger charge is 2.22. The molecule has 0 aliphatic heterocycles. The van der Waals surface area contributed by atoms with Crippen molar-refractivity contribution in [2.24, 2.45) is 0 Å². The Kier molecular flexibility index (Phi) is 6.64. The standard InChI is InChI=1S/C19H23ClN2O2/c1-4-18(14-8-10-17(24-3)11-9-14)21-13(2)19(23)22-16-7-5-6-15(20)12-16/h5-13,18,21H,4H2,1-3H3,(H,22,23)/p+1/t13-,18-/m0/s1. The molecular formula is C19H24ClN2O2+. The van der Waals surface area contributed by atoms with E-state index in [9.17, 15) is 4.79 Å². The van der Waals surface area contributed by atoms with E-state index >= 15 is 0 Å². The van der Waals surface area contributed by atoms with Crippen molar-refractivity contribution in [3.05, 3.63) is 59.1 Å². The number of amides is 1. The van der Waals surface area contributed by atoms with Crippen molar-refractivity contribution in [1.29, 1.82) is 0 Å². The van der Waals surface area contributed by atoms with Gasteiger partial charge >= 0.3 is 0 Å². The number of nitrogens with two attached hydrogens (primary N) is 1. The molecule has 2 aromatic rings. The molecule has 0 radical (unpaired) electrons. The van der Waals surface area contributed by atoms with Crippen LogP contribution in [0.4, 0.5) is 5.69 Å². The first-order chi connectivity index (χ1) is 11.5. The van der Waals surface area contributed by atoms with Gasteiger partial charge < -0.3 is 15.4 Å². The first-order valence-corrected chi connectivity index (χ1v) is 8.46. The largest absolute Gasteiger partial charge is 0.497 e. The van der Waals surface area contributed by atoms with Gasteiger partial charge in [-0.2, -0.15) is 0 Å². The van der Waals surface area contributed by atoms with E-state index in [1.165, 1.54) is 5.56 Å². The number of hydrogen-bond donors (Lipinski definition) is 2. The first kappa shape index (κ1) is 18.3. The van der Waals surface area contributed by atoms with Crippen LogP contribution in [0.5, 0.6) is 5.75 Å². The lowest BCUT2D eigenvalue weighted by Crippen LogP contribution is -2.92. The van der Waals surface area contributed by atoms with Crippen LogP contribution in [0, 0.1) is 0 Å². The van der Waals surface area contributed by atoms with Crippen LogP contribution in [0.1, 0.15) is 31.9 Å². The number of quaternary nitrogens is 1. The zero-order valence-electron chi connectivity index (χ0n) is 14.3. The second-order valence-corrected chi connectivity index (χ2v) is 6.21. The maximum Gasteiger partial charge on any atom is 0.282 e. The topological polar surface area (TPSA) is 54.9 Å². The quantitative estimate of drug-likeness (QED) is 0.806. The maximum atomic E-state index is 12.4. The number of hydrogen-bond acceptors (Lipinski definition) is 2. The molecule has 128 valence electrons. The van der Waals surface area contributed by atoms with Gasteiger partial charge in [-0.3, -0.25) is 4.79 Å². The van der Waals surface area contributed by atoms with E-state index in [-0.39, 0.29) is 18.0 Å². The Morgan fingerprint density at radius 3 is 2.54 bits per heavy atom. The highest BCUT2D eigenvalue weighted by Crippen LogP contribution is 2.18. The predicted octanol–water partition coefficient (Wildman–Crippen LogP) is 3.39. The summed E-state index contributed by atoms with van der Waals surface area (Å²) < 4.78 is 5.19. The number of halogens is 1. The summed E-state index contributed by atoms with van der Waals surface area (Å²) in [5.74, 6) is 0.796. The minimum atomic E-state index is -0.212.